The van der Waals surface area contributed by atoms with Crippen molar-refractivity contribution in [1.29, 1.82) is 0 Å². The van der Waals surface area contributed by atoms with E-state index in [0.29, 0.717) is 5.92 Å². The molecule has 1 fully saturated rings. The summed E-state index contributed by atoms with van der Waals surface area (Å²) in [5.74, 6) is 1.09. The molecule has 1 saturated heterocycles. The van der Waals surface area contributed by atoms with Gasteiger partial charge in [0, 0.05) is 12.5 Å². The van der Waals surface area contributed by atoms with Gasteiger partial charge in [-0.15, -0.1) is 0 Å². The van der Waals surface area contributed by atoms with Gasteiger partial charge in [0.25, 0.3) is 0 Å². The van der Waals surface area contributed by atoms with Crippen LogP contribution in [-0.4, -0.2) is 12.5 Å². The quantitative estimate of drug-likeness (QED) is 0.583. The van der Waals surface area contributed by atoms with Crippen LogP contribution in [0, 0.1) is 11.8 Å². The lowest BCUT2D eigenvalue weighted by molar-refractivity contribution is -0.128. The second-order valence-corrected chi connectivity index (χ2v) is 3.04. The molecule has 2 unspecified atom stereocenters. The van der Waals surface area contributed by atoms with Crippen molar-refractivity contribution >= 4 is 5.91 Å². The zero-order valence-electron chi connectivity index (χ0n) is 6.68. The van der Waals surface area contributed by atoms with E-state index in [4.69, 9.17) is 0 Å². The van der Waals surface area contributed by atoms with Crippen LogP contribution < -0.4 is 5.32 Å². The number of amides is 1. The first-order chi connectivity index (χ1) is 4.75. The lowest BCUT2D eigenvalue weighted by Gasteiger charge is -2.27. The molecule has 0 radical (unpaired) electrons. The first-order valence-corrected chi connectivity index (χ1v) is 4.03. The third-order valence-electron chi connectivity index (χ3n) is 2.46. The van der Waals surface area contributed by atoms with Crippen LogP contribution in [0.1, 0.15) is 26.7 Å². The molecule has 0 aromatic rings. The number of carbonyl (C=O) groups excluding carboxylic acids is 1. The molecule has 1 rings (SSSR count). The molecular weight excluding hydrogens is 126 g/mol. The van der Waals surface area contributed by atoms with Crippen LogP contribution in [0.3, 0.4) is 0 Å². The average Bonchev–Trinajstić information content (AvgIpc) is 1.95. The monoisotopic (exact) mass is 141 g/mol. The van der Waals surface area contributed by atoms with E-state index >= 15 is 0 Å². The van der Waals surface area contributed by atoms with Gasteiger partial charge in [0.05, 0.1) is 0 Å². The summed E-state index contributed by atoms with van der Waals surface area (Å²) in [6.45, 7) is 5.05. The highest BCUT2D eigenvalue weighted by Crippen LogP contribution is 2.21. The van der Waals surface area contributed by atoms with Gasteiger partial charge in [-0.25, -0.2) is 0 Å². The smallest absolute Gasteiger partial charge is 0.223 e. The second-order valence-electron chi connectivity index (χ2n) is 3.04. The van der Waals surface area contributed by atoms with Gasteiger partial charge < -0.3 is 5.32 Å². The number of rotatable bonds is 1. The largest absolute Gasteiger partial charge is 0.356 e. The summed E-state index contributed by atoms with van der Waals surface area (Å²) in [7, 11) is 0. The Bertz CT molecular complexity index is 133. The van der Waals surface area contributed by atoms with Gasteiger partial charge in [0.1, 0.15) is 0 Å². The van der Waals surface area contributed by atoms with E-state index in [1.165, 1.54) is 0 Å². The topological polar surface area (TPSA) is 29.1 Å². The van der Waals surface area contributed by atoms with Gasteiger partial charge >= 0.3 is 0 Å². The molecule has 0 aromatic carbocycles. The maximum Gasteiger partial charge on any atom is 0.223 e. The zero-order chi connectivity index (χ0) is 7.56. The van der Waals surface area contributed by atoms with Crippen molar-refractivity contribution in [1.82, 2.24) is 5.32 Å². The summed E-state index contributed by atoms with van der Waals surface area (Å²) in [6, 6.07) is 0. The van der Waals surface area contributed by atoms with E-state index < -0.39 is 0 Å². The lowest BCUT2D eigenvalue weighted by Crippen LogP contribution is -2.40. The molecule has 1 aliphatic heterocycles. The van der Waals surface area contributed by atoms with Crippen molar-refractivity contribution in [2.24, 2.45) is 11.8 Å². The first-order valence-electron chi connectivity index (χ1n) is 4.03. The summed E-state index contributed by atoms with van der Waals surface area (Å²) in [6.07, 6.45) is 2.29. The Hall–Kier alpha value is -0.530. The lowest BCUT2D eigenvalue weighted by atomic mass is 9.85. The minimum atomic E-state index is 0.234. The molecule has 2 atom stereocenters. The molecule has 1 aliphatic rings. The number of carbonyl (C=O) groups is 1. The van der Waals surface area contributed by atoms with Crippen molar-refractivity contribution in [3.63, 3.8) is 0 Å². The third kappa shape index (κ3) is 1.31. The minimum Gasteiger partial charge on any atom is -0.356 e. The maximum atomic E-state index is 11.1. The van der Waals surface area contributed by atoms with Crippen LogP contribution in [0.2, 0.25) is 0 Å². The molecule has 0 aliphatic carbocycles. The standard InChI is InChI=1S/C8H15NO/c1-3-7-4-5-9-8(10)6(7)2/h6-7H,3-5H2,1-2H3,(H,9,10). The molecule has 58 valence electrons. The normalized spacial score (nSPS) is 33.6. The Morgan fingerprint density at radius 1 is 1.70 bits per heavy atom. The number of nitrogens with one attached hydrogen (secondary N) is 1. The van der Waals surface area contributed by atoms with Gasteiger partial charge in [0.15, 0.2) is 0 Å². The Kier molecular flexibility index (Phi) is 2.30. The summed E-state index contributed by atoms with van der Waals surface area (Å²) >= 11 is 0. The molecule has 1 heterocycles. The van der Waals surface area contributed by atoms with Crippen LogP contribution in [0.15, 0.2) is 0 Å². The predicted octanol–water partition coefficient (Wildman–Crippen LogP) is 1.17. The molecule has 1 N–H and O–H groups in total. The van der Waals surface area contributed by atoms with Gasteiger partial charge in [-0.3, -0.25) is 4.79 Å². The van der Waals surface area contributed by atoms with Crippen molar-refractivity contribution < 1.29 is 4.79 Å². The Morgan fingerprint density at radius 3 is 2.90 bits per heavy atom. The van der Waals surface area contributed by atoms with Crippen LogP contribution in [0.5, 0.6) is 0 Å². The van der Waals surface area contributed by atoms with Gasteiger partial charge in [0.2, 0.25) is 5.91 Å². The molecule has 2 nitrogen and oxygen atoms in total. The fourth-order valence-corrected chi connectivity index (χ4v) is 1.56. The van der Waals surface area contributed by atoms with E-state index in [0.717, 1.165) is 19.4 Å². The second kappa shape index (κ2) is 3.04. The SMILES string of the molecule is CCC1CCNC(=O)C1C. The van der Waals surface area contributed by atoms with Crippen molar-refractivity contribution in [3.8, 4) is 0 Å². The minimum absolute atomic E-state index is 0.234. The van der Waals surface area contributed by atoms with Crippen LogP contribution >= 0.6 is 0 Å². The van der Waals surface area contributed by atoms with Gasteiger partial charge in [-0.2, -0.15) is 0 Å². The first kappa shape index (κ1) is 7.58. The highest BCUT2D eigenvalue weighted by molar-refractivity contribution is 5.79. The molecule has 2 heteroatoms. The zero-order valence-corrected chi connectivity index (χ0v) is 6.68. The van der Waals surface area contributed by atoms with Crippen LogP contribution in [0.25, 0.3) is 0 Å². The van der Waals surface area contributed by atoms with E-state index in [9.17, 15) is 4.79 Å². The summed E-state index contributed by atoms with van der Waals surface area (Å²) < 4.78 is 0. The highest BCUT2D eigenvalue weighted by atomic mass is 16.1. The van der Waals surface area contributed by atoms with Gasteiger partial charge in [-0.1, -0.05) is 20.3 Å². The Labute approximate surface area is 62.0 Å². The fourth-order valence-electron chi connectivity index (χ4n) is 1.56. The fraction of sp³-hybridized carbons (Fsp3) is 0.875. The number of hydrogen-bond donors (Lipinski definition) is 1. The average molecular weight is 141 g/mol. The number of piperidine rings is 1. The van der Waals surface area contributed by atoms with Gasteiger partial charge in [-0.05, 0) is 12.3 Å². The molecule has 10 heavy (non-hydrogen) atoms. The van der Waals surface area contributed by atoms with E-state index in [-0.39, 0.29) is 11.8 Å². The van der Waals surface area contributed by atoms with Crippen LogP contribution in [0.4, 0.5) is 0 Å². The van der Waals surface area contributed by atoms with Crippen LogP contribution in [-0.2, 0) is 4.79 Å². The summed E-state index contributed by atoms with van der Waals surface area (Å²) in [5.41, 5.74) is 0. The van der Waals surface area contributed by atoms with E-state index in [1.54, 1.807) is 0 Å². The highest BCUT2D eigenvalue weighted by Gasteiger charge is 2.25. The van der Waals surface area contributed by atoms with Crippen molar-refractivity contribution in [2.45, 2.75) is 26.7 Å². The van der Waals surface area contributed by atoms with E-state index in [1.807, 2.05) is 6.92 Å². The molecule has 0 saturated carbocycles. The molecule has 0 spiro atoms. The summed E-state index contributed by atoms with van der Waals surface area (Å²) in [4.78, 5) is 11.1. The van der Waals surface area contributed by atoms with E-state index in [2.05, 4.69) is 12.2 Å². The predicted molar refractivity (Wildman–Crippen MR) is 40.6 cm³/mol. The molecular formula is C8H15NO. The Morgan fingerprint density at radius 2 is 2.40 bits per heavy atom. The summed E-state index contributed by atoms with van der Waals surface area (Å²) in [5, 5.41) is 2.86. The maximum absolute atomic E-state index is 11.1. The molecule has 0 aromatic heterocycles. The Balaban J connectivity index is 2.51. The third-order valence-corrected chi connectivity index (χ3v) is 2.46. The van der Waals surface area contributed by atoms with Crippen molar-refractivity contribution in [2.75, 3.05) is 6.54 Å². The van der Waals surface area contributed by atoms with Crippen molar-refractivity contribution in [3.05, 3.63) is 0 Å². The molecule has 0 bridgehead atoms. The molecule has 1 amide bonds. The number of hydrogen-bond acceptors (Lipinski definition) is 1.